The van der Waals surface area contributed by atoms with Crippen LogP contribution in [0.15, 0.2) is 77.7 Å². The lowest BCUT2D eigenvalue weighted by Gasteiger charge is -2.11. The highest BCUT2D eigenvalue weighted by molar-refractivity contribution is 8.08. The Labute approximate surface area is 157 Å². The van der Waals surface area contributed by atoms with Crippen molar-refractivity contribution in [2.45, 2.75) is 11.8 Å². The maximum Gasteiger partial charge on any atom is 0.0489 e. The summed E-state index contributed by atoms with van der Waals surface area (Å²) < 4.78 is 0. The van der Waals surface area contributed by atoms with Gasteiger partial charge < -0.3 is 0 Å². The van der Waals surface area contributed by atoms with Gasteiger partial charge in [0.25, 0.3) is 0 Å². The lowest BCUT2D eigenvalue weighted by atomic mass is 10.1. The Morgan fingerprint density at radius 3 is 2.08 bits per heavy atom. The van der Waals surface area contributed by atoms with Crippen molar-refractivity contribution >= 4 is 45.9 Å². The molecule has 3 rings (SSSR count). The summed E-state index contributed by atoms with van der Waals surface area (Å²) in [7, 11) is 0. The number of hydrogen-bond donors (Lipinski definition) is 0. The van der Waals surface area contributed by atoms with Crippen LogP contribution < -0.4 is 0 Å². The van der Waals surface area contributed by atoms with Gasteiger partial charge in [0.15, 0.2) is 0 Å². The van der Waals surface area contributed by atoms with E-state index in [2.05, 4.69) is 37.3 Å². The van der Waals surface area contributed by atoms with E-state index in [9.17, 15) is 0 Å². The van der Waals surface area contributed by atoms with Crippen LogP contribution in [0, 0.1) is 6.92 Å². The highest BCUT2D eigenvalue weighted by atomic mass is 35.5. The molecule has 0 amide bonds. The van der Waals surface area contributed by atoms with Gasteiger partial charge in [-0.3, -0.25) is 0 Å². The van der Waals surface area contributed by atoms with Gasteiger partial charge in [-0.25, -0.2) is 0 Å². The van der Waals surface area contributed by atoms with Gasteiger partial charge in [0.05, 0.1) is 0 Å². The smallest absolute Gasteiger partial charge is 0.0489 e. The minimum Gasteiger partial charge on any atom is -0.0894 e. The number of hydrogen-bond acceptors (Lipinski definition) is 1. The molecule has 0 atom stereocenters. The molecule has 0 bridgehead atoms. The van der Waals surface area contributed by atoms with Crippen LogP contribution in [0.25, 0.3) is 11.0 Å². The Balaban J connectivity index is 2.06. The van der Waals surface area contributed by atoms with Crippen molar-refractivity contribution in [2.75, 3.05) is 0 Å². The fraction of sp³-hybridized carbons (Fsp3) is 0.0476. The molecule has 24 heavy (non-hydrogen) atoms. The van der Waals surface area contributed by atoms with Crippen molar-refractivity contribution in [3.05, 3.63) is 99.5 Å². The van der Waals surface area contributed by atoms with E-state index in [0.29, 0.717) is 0 Å². The highest BCUT2D eigenvalue weighted by Gasteiger charge is 2.09. The summed E-state index contributed by atoms with van der Waals surface area (Å²) in [6, 6.07) is 24.2. The molecule has 3 aromatic rings. The molecule has 3 heteroatoms. The van der Waals surface area contributed by atoms with E-state index in [-0.39, 0.29) is 0 Å². The number of rotatable bonds is 4. The van der Waals surface area contributed by atoms with Crippen LogP contribution >= 0.6 is 35.0 Å². The van der Waals surface area contributed by atoms with Crippen molar-refractivity contribution in [1.82, 2.24) is 0 Å². The Bertz CT molecular complexity index is 867. The zero-order valence-corrected chi connectivity index (χ0v) is 15.5. The van der Waals surface area contributed by atoms with Crippen LogP contribution in [0.4, 0.5) is 0 Å². The van der Waals surface area contributed by atoms with Gasteiger partial charge in [0, 0.05) is 25.4 Å². The third-order valence-electron chi connectivity index (χ3n) is 3.58. The molecule has 0 unspecified atom stereocenters. The summed E-state index contributed by atoms with van der Waals surface area (Å²) in [6.45, 7) is 2.09. The minimum absolute atomic E-state index is 0.728. The zero-order chi connectivity index (χ0) is 16.9. The van der Waals surface area contributed by atoms with E-state index in [0.717, 1.165) is 26.1 Å². The molecule has 0 radical (unpaired) electrons. The Hall–Kier alpha value is -1.67. The van der Waals surface area contributed by atoms with Gasteiger partial charge in [-0.2, -0.15) is 0 Å². The minimum atomic E-state index is 0.728. The van der Waals surface area contributed by atoms with Crippen molar-refractivity contribution in [3.63, 3.8) is 0 Å². The molecule has 3 aromatic carbocycles. The molecule has 0 aliphatic rings. The molecule has 0 fully saturated rings. The molecule has 0 aliphatic carbocycles. The molecular weight excluding hydrogens is 355 g/mol. The number of thioether (sulfide) groups is 1. The van der Waals surface area contributed by atoms with Crippen LogP contribution in [-0.2, 0) is 0 Å². The van der Waals surface area contributed by atoms with Crippen LogP contribution in [0.5, 0.6) is 0 Å². The molecule has 0 heterocycles. The average molecular weight is 371 g/mol. The summed E-state index contributed by atoms with van der Waals surface area (Å²) in [6.07, 6.45) is 2.09. The first-order chi connectivity index (χ1) is 11.6. The fourth-order valence-corrected chi connectivity index (χ4v) is 3.77. The second kappa shape index (κ2) is 7.94. The van der Waals surface area contributed by atoms with Crippen molar-refractivity contribution in [2.24, 2.45) is 0 Å². The predicted octanol–water partition coefficient (Wildman–Crippen LogP) is 7.59. The highest BCUT2D eigenvalue weighted by Crippen LogP contribution is 2.39. The summed E-state index contributed by atoms with van der Waals surface area (Å²) in [5.41, 5.74) is 3.23. The SMILES string of the molecule is Cc1ccc(S/C(=C/c2ccccc2Cl)c2ccccc2Cl)cc1. The predicted molar refractivity (Wildman–Crippen MR) is 108 cm³/mol. The normalized spacial score (nSPS) is 11.5. The lowest BCUT2D eigenvalue weighted by molar-refractivity contribution is 1.38. The second-order valence-corrected chi connectivity index (χ2v) is 7.35. The third kappa shape index (κ3) is 4.24. The first kappa shape index (κ1) is 17.2. The molecule has 0 saturated carbocycles. The maximum atomic E-state index is 6.43. The molecule has 0 aromatic heterocycles. The number of benzene rings is 3. The molecule has 120 valence electrons. The van der Waals surface area contributed by atoms with E-state index in [4.69, 9.17) is 23.2 Å². The second-order valence-electron chi connectivity index (χ2n) is 5.43. The maximum absolute atomic E-state index is 6.43. The zero-order valence-electron chi connectivity index (χ0n) is 13.2. The first-order valence-electron chi connectivity index (χ1n) is 7.59. The topological polar surface area (TPSA) is 0 Å². The van der Waals surface area contributed by atoms with Crippen molar-refractivity contribution in [3.8, 4) is 0 Å². The van der Waals surface area contributed by atoms with Crippen molar-refractivity contribution in [1.29, 1.82) is 0 Å². The number of halogens is 2. The average Bonchev–Trinajstić information content (AvgIpc) is 2.59. The van der Waals surface area contributed by atoms with E-state index in [1.54, 1.807) is 11.8 Å². The molecular formula is C21H16Cl2S. The Kier molecular flexibility index (Phi) is 5.68. The van der Waals surface area contributed by atoms with Gasteiger partial charge in [-0.15, -0.1) is 0 Å². The standard InChI is InChI=1S/C21H16Cl2S/c1-15-10-12-17(13-11-15)24-21(18-7-3-5-9-20(18)23)14-16-6-2-4-8-19(16)22/h2-14H,1H3/b21-14+. The summed E-state index contributed by atoms with van der Waals surface area (Å²) in [5.74, 6) is 0. The molecule has 0 saturated heterocycles. The fourth-order valence-electron chi connectivity index (χ4n) is 2.29. The van der Waals surface area contributed by atoms with Gasteiger partial charge in [0.2, 0.25) is 0 Å². The summed E-state index contributed by atoms with van der Waals surface area (Å²) in [5, 5.41) is 1.46. The van der Waals surface area contributed by atoms with Gasteiger partial charge in [-0.05, 0) is 42.8 Å². The third-order valence-corrected chi connectivity index (χ3v) is 5.32. The molecule has 0 spiro atoms. The van der Waals surface area contributed by atoms with Gasteiger partial charge >= 0.3 is 0 Å². The van der Waals surface area contributed by atoms with E-state index in [1.165, 1.54) is 10.5 Å². The van der Waals surface area contributed by atoms with Gasteiger partial charge in [-0.1, -0.05) is 89.1 Å². The van der Waals surface area contributed by atoms with E-state index >= 15 is 0 Å². The Morgan fingerprint density at radius 2 is 1.42 bits per heavy atom. The van der Waals surface area contributed by atoms with Crippen LogP contribution in [-0.4, -0.2) is 0 Å². The largest absolute Gasteiger partial charge is 0.0894 e. The van der Waals surface area contributed by atoms with Crippen LogP contribution in [0.3, 0.4) is 0 Å². The molecule has 0 N–H and O–H groups in total. The summed E-state index contributed by atoms with van der Waals surface area (Å²) in [4.78, 5) is 2.23. The van der Waals surface area contributed by atoms with Crippen LogP contribution in [0.1, 0.15) is 16.7 Å². The number of aryl methyl sites for hydroxylation is 1. The van der Waals surface area contributed by atoms with Crippen LogP contribution in [0.2, 0.25) is 10.0 Å². The first-order valence-corrected chi connectivity index (χ1v) is 9.16. The summed E-state index contributed by atoms with van der Waals surface area (Å²) >= 11 is 14.4. The lowest BCUT2D eigenvalue weighted by Crippen LogP contribution is -1.84. The molecule has 0 nitrogen and oxygen atoms in total. The molecule has 0 aliphatic heterocycles. The van der Waals surface area contributed by atoms with E-state index < -0.39 is 0 Å². The quantitative estimate of drug-likeness (QED) is 0.336. The monoisotopic (exact) mass is 370 g/mol. The Morgan fingerprint density at radius 1 is 0.792 bits per heavy atom. The van der Waals surface area contributed by atoms with Crippen molar-refractivity contribution < 1.29 is 0 Å². The van der Waals surface area contributed by atoms with E-state index in [1.807, 2.05) is 48.5 Å². The van der Waals surface area contributed by atoms with Gasteiger partial charge in [0.1, 0.15) is 0 Å².